The summed E-state index contributed by atoms with van der Waals surface area (Å²) in [7, 11) is 1.66. The lowest BCUT2D eigenvalue weighted by Crippen LogP contribution is -2.14. The normalized spacial score (nSPS) is 10.4. The Kier molecular flexibility index (Phi) is 3.53. The molecule has 3 aromatic rings. The first-order chi connectivity index (χ1) is 10.6. The summed E-state index contributed by atoms with van der Waals surface area (Å²) in [6.45, 7) is 0. The minimum Gasteiger partial charge on any atom is -0.318 e. The molecule has 0 bridgehead atoms. The summed E-state index contributed by atoms with van der Waals surface area (Å²) in [5.74, 6) is 0. The van der Waals surface area contributed by atoms with Crippen LogP contribution in [0, 0.1) is 11.3 Å². The first kappa shape index (κ1) is 14.1. The molecule has 0 N–H and O–H groups in total. The third-order valence-electron chi connectivity index (χ3n) is 3.34. The molecule has 108 valence electrons. The van der Waals surface area contributed by atoms with Crippen LogP contribution in [0.25, 0.3) is 16.8 Å². The maximum absolute atomic E-state index is 11.6. The minimum absolute atomic E-state index is 0.170. The SMILES string of the molecule is Cn1cc(-c2cnn(-c3ccccc3C#N)c2)c(Cl)cc1=O. The van der Waals surface area contributed by atoms with Gasteiger partial charge in [-0.05, 0) is 12.1 Å². The molecule has 22 heavy (non-hydrogen) atoms. The zero-order valence-corrected chi connectivity index (χ0v) is 12.4. The van der Waals surface area contributed by atoms with Crippen LogP contribution >= 0.6 is 11.6 Å². The van der Waals surface area contributed by atoms with Gasteiger partial charge in [0.25, 0.3) is 5.56 Å². The number of pyridine rings is 1. The monoisotopic (exact) mass is 310 g/mol. The van der Waals surface area contributed by atoms with Crippen LogP contribution in [0.5, 0.6) is 0 Å². The molecule has 0 unspecified atom stereocenters. The maximum atomic E-state index is 11.6. The Labute approximate surface area is 131 Å². The summed E-state index contributed by atoms with van der Waals surface area (Å²) >= 11 is 6.15. The molecule has 0 fully saturated rings. The van der Waals surface area contributed by atoms with E-state index in [1.165, 1.54) is 10.6 Å². The Hall–Kier alpha value is -2.84. The lowest BCUT2D eigenvalue weighted by atomic mass is 10.1. The van der Waals surface area contributed by atoms with Crippen molar-refractivity contribution < 1.29 is 0 Å². The van der Waals surface area contributed by atoms with Gasteiger partial charge in [0.2, 0.25) is 0 Å². The molecule has 0 saturated heterocycles. The molecule has 0 aliphatic rings. The standard InChI is InChI=1S/C16H11ClN4O/c1-20-10-13(14(17)6-16(20)22)12-8-19-21(9-12)15-5-3-2-4-11(15)7-18/h2-6,8-10H,1H3. The van der Waals surface area contributed by atoms with Crippen molar-refractivity contribution in [2.45, 2.75) is 0 Å². The number of benzene rings is 1. The highest BCUT2D eigenvalue weighted by molar-refractivity contribution is 6.33. The van der Waals surface area contributed by atoms with E-state index in [2.05, 4.69) is 11.2 Å². The van der Waals surface area contributed by atoms with E-state index in [9.17, 15) is 4.79 Å². The molecule has 0 aliphatic heterocycles. The van der Waals surface area contributed by atoms with E-state index in [4.69, 9.17) is 16.9 Å². The summed E-state index contributed by atoms with van der Waals surface area (Å²) in [4.78, 5) is 11.6. The molecule has 0 radical (unpaired) electrons. The smallest absolute Gasteiger partial charge is 0.251 e. The largest absolute Gasteiger partial charge is 0.318 e. The predicted molar refractivity (Wildman–Crippen MR) is 84.0 cm³/mol. The molecular weight excluding hydrogens is 300 g/mol. The molecule has 0 amide bonds. The lowest BCUT2D eigenvalue weighted by Gasteiger charge is -2.05. The number of halogens is 1. The van der Waals surface area contributed by atoms with Crippen LogP contribution in [0.4, 0.5) is 0 Å². The zero-order chi connectivity index (χ0) is 15.7. The molecule has 0 atom stereocenters. The second-order valence-electron chi connectivity index (χ2n) is 4.79. The second kappa shape index (κ2) is 5.51. The van der Waals surface area contributed by atoms with E-state index in [-0.39, 0.29) is 5.56 Å². The summed E-state index contributed by atoms with van der Waals surface area (Å²) in [5.41, 5.74) is 2.54. The number of nitriles is 1. The van der Waals surface area contributed by atoms with Gasteiger partial charge in [-0.1, -0.05) is 23.7 Å². The number of nitrogens with zero attached hydrogens (tertiary/aromatic N) is 4. The van der Waals surface area contributed by atoms with Crippen molar-refractivity contribution in [3.8, 4) is 22.9 Å². The van der Waals surface area contributed by atoms with Crippen molar-refractivity contribution in [2.75, 3.05) is 0 Å². The molecule has 0 aliphatic carbocycles. The topological polar surface area (TPSA) is 63.6 Å². The average Bonchev–Trinajstić information content (AvgIpc) is 3.00. The highest BCUT2D eigenvalue weighted by atomic mass is 35.5. The van der Waals surface area contributed by atoms with Gasteiger partial charge in [-0.3, -0.25) is 4.79 Å². The summed E-state index contributed by atoms with van der Waals surface area (Å²) in [6.07, 6.45) is 5.10. The van der Waals surface area contributed by atoms with Gasteiger partial charge in [0.1, 0.15) is 6.07 Å². The summed E-state index contributed by atoms with van der Waals surface area (Å²) in [5, 5.41) is 13.8. The highest BCUT2D eigenvalue weighted by Gasteiger charge is 2.10. The van der Waals surface area contributed by atoms with E-state index in [1.54, 1.807) is 42.5 Å². The molecule has 2 heterocycles. The Balaban J connectivity index is 2.11. The van der Waals surface area contributed by atoms with Crippen molar-refractivity contribution in [3.63, 3.8) is 0 Å². The summed E-state index contributed by atoms with van der Waals surface area (Å²) in [6, 6.07) is 10.7. The molecule has 1 aromatic carbocycles. The Morgan fingerprint density at radius 2 is 2.05 bits per heavy atom. The van der Waals surface area contributed by atoms with Gasteiger partial charge in [-0.2, -0.15) is 10.4 Å². The van der Waals surface area contributed by atoms with Gasteiger partial charge in [-0.25, -0.2) is 4.68 Å². The fraction of sp³-hybridized carbons (Fsp3) is 0.0625. The average molecular weight is 311 g/mol. The zero-order valence-electron chi connectivity index (χ0n) is 11.7. The Bertz CT molecular complexity index is 949. The fourth-order valence-electron chi connectivity index (χ4n) is 2.18. The van der Waals surface area contributed by atoms with Crippen molar-refractivity contribution in [1.82, 2.24) is 14.3 Å². The predicted octanol–water partition coefficient (Wildman–Crippen LogP) is 2.76. The molecule has 2 aromatic heterocycles. The van der Waals surface area contributed by atoms with Gasteiger partial charge in [-0.15, -0.1) is 0 Å². The highest BCUT2D eigenvalue weighted by Crippen LogP contribution is 2.26. The van der Waals surface area contributed by atoms with Crippen LogP contribution in [0.15, 0.2) is 53.7 Å². The minimum atomic E-state index is -0.170. The van der Waals surface area contributed by atoms with E-state index >= 15 is 0 Å². The van der Waals surface area contributed by atoms with Gasteiger partial charge >= 0.3 is 0 Å². The van der Waals surface area contributed by atoms with Gasteiger partial charge in [0, 0.05) is 36.6 Å². The second-order valence-corrected chi connectivity index (χ2v) is 5.19. The lowest BCUT2D eigenvalue weighted by molar-refractivity contribution is 0.862. The van der Waals surface area contributed by atoms with E-state index in [0.717, 1.165) is 5.56 Å². The van der Waals surface area contributed by atoms with Crippen LogP contribution in [0.2, 0.25) is 5.02 Å². The quantitative estimate of drug-likeness (QED) is 0.731. The van der Waals surface area contributed by atoms with Crippen molar-refractivity contribution in [3.05, 3.63) is 69.9 Å². The molecule has 3 rings (SSSR count). The number of para-hydroxylation sites is 1. The summed E-state index contributed by atoms with van der Waals surface area (Å²) < 4.78 is 3.08. The van der Waals surface area contributed by atoms with E-state index in [1.807, 2.05) is 12.1 Å². The van der Waals surface area contributed by atoms with Crippen molar-refractivity contribution in [2.24, 2.45) is 7.05 Å². The number of rotatable bonds is 2. The van der Waals surface area contributed by atoms with E-state index < -0.39 is 0 Å². The first-order valence-electron chi connectivity index (χ1n) is 6.51. The molecule has 0 saturated carbocycles. The third kappa shape index (κ3) is 2.41. The Morgan fingerprint density at radius 3 is 2.82 bits per heavy atom. The van der Waals surface area contributed by atoms with Gasteiger partial charge in [0.15, 0.2) is 0 Å². The van der Waals surface area contributed by atoms with Gasteiger partial charge in [0.05, 0.1) is 22.5 Å². The van der Waals surface area contributed by atoms with E-state index in [0.29, 0.717) is 21.8 Å². The third-order valence-corrected chi connectivity index (χ3v) is 3.66. The first-order valence-corrected chi connectivity index (χ1v) is 6.88. The van der Waals surface area contributed by atoms with Crippen molar-refractivity contribution in [1.29, 1.82) is 5.26 Å². The number of aromatic nitrogens is 3. The van der Waals surface area contributed by atoms with Crippen LogP contribution in [-0.2, 0) is 7.05 Å². The maximum Gasteiger partial charge on any atom is 0.251 e. The van der Waals surface area contributed by atoms with Crippen LogP contribution in [0.1, 0.15) is 5.56 Å². The fourth-order valence-corrected chi connectivity index (χ4v) is 2.43. The van der Waals surface area contributed by atoms with Crippen LogP contribution < -0.4 is 5.56 Å². The number of hydrogen-bond donors (Lipinski definition) is 0. The van der Waals surface area contributed by atoms with Crippen LogP contribution in [-0.4, -0.2) is 14.3 Å². The molecular formula is C16H11ClN4O. The number of hydrogen-bond acceptors (Lipinski definition) is 3. The molecule has 0 spiro atoms. The van der Waals surface area contributed by atoms with Crippen molar-refractivity contribution >= 4 is 11.6 Å². The Morgan fingerprint density at radius 1 is 1.27 bits per heavy atom. The number of aryl methyl sites for hydroxylation is 1. The van der Waals surface area contributed by atoms with Crippen LogP contribution in [0.3, 0.4) is 0 Å². The van der Waals surface area contributed by atoms with Gasteiger partial charge < -0.3 is 4.57 Å². The molecule has 5 nitrogen and oxygen atoms in total. The molecule has 6 heteroatoms.